The summed E-state index contributed by atoms with van der Waals surface area (Å²) in [6.07, 6.45) is 3.83. The van der Waals surface area contributed by atoms with Crippen LogP contribution in [0.25, 0.3) is 0 Å². The summed E-state index contributed by atoms with van der Waals surface area (Å²) in [4.78, 5) is 12.1. The molecule has 0 aromatic heterocycles. The van der Waals surface area contributed by atoms with Gasteiger partial charge in [0.05, 0.1) is 11.0 Å². The van der Waals surface area contributed by atoms with E-state index in [4.69, 9.17) is 14.2 Å². The Bertz CT molecular complexity index is 1290. The molecule has 0 unspecified atom stereocenters. The van der Waals surface area contributed by atoms with Crippen molar-refractivity contribution in [2.24, 2.45) is 5.41 Å². The summed E-state index contributed by atoms with van der Waals surface area (Å²) < 4.78 is 73.2. The Morgan fingerprint density at radius 1 is 0.700 bits per heavy atom. The summed E-state index contributed by atoms with van der Waals surface area (Å²) in [5, 5.41) is 0. The highest BCUT2D eigenvalue weighted by molar-refractivity contribution is 5.89. The zero-order valence-electron chi connectivity index (χ0n) is 22.8. The molecule has 8 rings (SSSR count). The van der Waals surface area contributed by atoms with Crippen LogP contribution in [0, 0.1) is 5.41 Å². The quantitative estimate of drug-likeness (QED) is 0.203. The number of rotatable bonds is 6. The maximum absolute atomic E-state index is 14.7. The van der Waals surface area contributed by atoms with E-state index in [1.165, 1.54) is 7.11 Å². The molecule has 2 aromatic rings. The van der Waals surface area contributed by atoms with E-state index in [-0.39, 0.29) is 6.79 Å². The van der Waals surface area contributed by atoms with E-state index in [2.05, 4.69) is 0 Å². The highest BCUT2D eigenvalue weighted by Crippen LogP contribution is 2.59. The number of benzene rings is 2. The SMILES string of the molecule is CC12CCC(OC(=O)c3ccccc3)(CC1)C(F)=C2F.COCOC12CCC(c3ccccc3)(CC1)C(F)=C2F. The number of fused-ring (bicyclic) bond motifs is 4. The second-order valence-corrected chi connectivity index (χ2v) is 11.6. The average Bonchev–Trinajstić information content (AvgIpc) is 3.00. The standard InChI is InChI=1S/C16H18F2O2.C16H16F2O2/c1-19-11-20-16-9-7-15(8-10-16,13(17)14(16)18)12-5-3-2-4-6-12;1-15-7-9-16(10-8-15,13(18)12(15)17)20-14(19)11-5-3-2-4-6-11/h2-6H,7-11H2,1H3;2-6H,7-10H2,1H3. The van der Waals surface area contributed by atoms with Crippen molar-refractivity contribution in [3.63, 3.8) is 0 Å². The molecule has 6 aliphatic carbocycles. The maximum Gasteiger partial charge on any atom is 0.339 e. The van der Waals surface area contributed by atoms with Gasteiger partial charge in [0.2, 0.25) is 0 Å². The van der Waals surface area contributed by atoms with E-state index in [0.29, 0.717) is 56.9 Å². The molecule has 0 radical (unpaired) electrons. The van der Waals surface area contributed by atoms with E-state index >= 15 is 0 Å². The molecule has 2 aromatic carbocycles. The first-order valence-electron chi connectivity index (χ1n) is 13.7. The lowest BCUT2D eigenvalue weighted by molar-refractivity contribution is -0.150. The molecule has 6 aliphatic rings. The Hall–Kier alpha value is -2.97. The fourth-order valence-corrected chi connectivity index (χ4v) is 6.55. The third-order valence-electron chi connectivity index (χ3n) is 9.28. The molecule has 2 fully saturated rings. The molecule has 0 heterocycles. The zero-order chi connectivity index (χ0) is 28.6. The van der Waals surface area contributed by atoms with Gasteiger partial charge in [-0.1, -0.05) is 55.5 Å². The Morgan fingerprint density at radius 3 is 1.80 bits per heavy atom. The van der Waals surface area contributed by atoms with Gasteiger partial charge in [0.15, 0.2) is 17.3 Å². The van der Waals surface area contributed by atoms with Gasteiger partial charge in [0.25, 0.3) is 0 Å². The van der Waals surface area contributed by atoms with E-state index in [1.807, 2.05) is 30.3 Å². The molecule has 2 saturated carbocycles. The Morgan fingerprint density at radius 2 is 1.23 bits per heavy atom. The van der Waals surface area contributed by atoms with Gasteiger partial charge in [-0.2, -0.15) is 0 Å². The maximum atomic E-state index is 14.7. The van der Waals surface area contributed by atoms with Gasteiger partial charge in [-0.3, -0.25) is 0 Å². The van der Waals surface area contributed by atoms with Crippen LogP contribution in [0.3, 0.4) is 0 Å². The second kappa shape index (κ2) is 10.8. The van der Waals surface area contributed by atoms with Crippen molar-refractivity contribution in [3.05, 3.63) is 95.1 Å². The van der Waals surface area contributed by atoms with Crippen molar-refractivity contribution in [1.29, 1.82) is 0 Å². The molecular formula is C32H34F4O4. The third-order valence-corrected chi connectivity index (χ3v) is 9.28. The predicted molar refractivity (Wildman–Crippen MR) is 142 cm³/mol. The molecule has 4 nitrogen and oxygen atoms in total. The van der Waals surface area contributed by atoms with Crippen LogP contribution in [0.15, 0.2) is 84.0 Å². The van der Waals surface area contributed by atoms with Crippen molar-refractivity contribution in [3.8, 4) is 0 Å². The molecule has 0 spiro atoms. The number of hydrogen-bond donors (Lipinski definition) is 0. The zero-order valence-corrected chi connectivity index (χ0v) is 22.8. The fourth-order valence-electron chi connectivity index (χ4n) is 6.55. The van der Waals surface area contributed by atoms with Crippen LogP contribution in [0.4, 0.5) is 17.6 Å². The molecule has 0 atom stereocenters. The average molecular weight is 559 g/mol. The number of methoxy groups -OCH3 is 1. The van der Waals surface area contributed by atoms with Crippen LogP contribution >= 0.6 is 0 Å². The van der Waals surface area contributed by atoms with E-state index in [1.54, 1.807) is 37.3 Å². The molecule has 0 saturated heterocycles. The van der Waals surface area contributed by atoms with Gasteiger partial charge in [-0.15, -0.1) is 0 Å². The number of halogens is 4. The minimum absolute atomic E-state index is 0.0148. The van der Waals surface area contributed by atoms with Gasteiger partial charge in [0.1, 0.15) is 24.0 Å². The number of esters is 1. The lowest BCUT2D eigenvalue weighted by Gasteiger charge is -2.50. The normalized spacial score (nSPS) is 32.5. The van der Waals surface area contributed by atoms with Crippen molar-refractivity contribution in [2.75, 3.05) is 13.9 Å². The highest BCUT2D eigenvalue weighted by atomic mass is 19.2. The topological polar surface area (TPSA) is 44.8 Å². The van der Waals surface area contributed by atoms with Crippen LogP contribution < -0.4 is 0 Å². The number of ether oxygens (including phenoxy) is 3. The van der Waals surface area contributed by atoms with Crippen molar-refractivity contribution < 1.29 is 36.6 Å². The minimum atomic E-state index is -1.39. The predicted octanol–water partition coefficient (Wildman–Crippen LogP) is 8.35. The van der Waals surface area contributed by atoms with Crippen molar-refractivity contribution in [2.45, 2.75) is 74.9 Å². The Balaban J connectivity index is 0.000000161. The largest absolute Gasteiger partial charge is 0.448 e. The van der Waals surface area contributed by atoms with Crippen LogP contribution in [-0.4, -0.2) is 31.1 Å². The van der Waals surface area contributed by atoms with Gasteiger partial charge in [0, 0.05) is 12.5 Å². The van der Waals surface area contributed by atoms with E-state index in [0.717, 1.165) is 5.56 Å². The number of hydrogen-bond acceptors (Lipinski definition) is 4. The van der Waals surface area contributed by atoms with Crippen LogP contribution in [-0.2, 0) is 19.6 Å². The van der Waals surface area contributed by atoms with Gasteiger partial charge >= 0.3 is 5.97 Å². The molecule has 0 N–H and O–H groups in total. The summed E-state index contributed by atoms with van der Waals surface area (Å²) >= 11 is 0. The Labute approximate surface area is 232 Å². The van der Waals surface area contributed by atoms with Crippen LogP contribution in [0.1, 0.15) is 74.2 Å². The van der Waals surface area contributed by atoms with E-state index in [9.17, 15) is 22.4 Å². The molecule has 0 aliphatic heterocycles. The van der Waals surface area contributed by atoms with Crippen molar-refractivity contribution >= 4 is 5.97 Å². The number of allylic oxidation sites excluding steroid dienone is 2. The summed E-state index contributed by atoms with van der Waals surface area (Å²) in [7, 11) is 1.48. The molecule has 40 heavy (non-hydrogen) atoms. The first-order chi connectivity index (χ1) is 19.1. The molecule has 0 amide bonds. The second-order valence-electron chi connectivity index (χ2n) is 11.6. The fraction of sp³-hybridized carbons (Fsp3) is 0.469. The lowest BCUT2D eigenvalue weighted by atomic mass is 9.59. The van der Waals surface area contributed by atoms with Crippen LogP contribution in [0.2, 0.25) is 0 Å². The summed E-state index contributed by atoms with van der Waals surface area (Å²) in [6.45, 7) is 1.71. The minimum Gasteiger partial charge on any atom is -0.448 e. The van der Waals surface area contributed by atoms with Crippen LogP contribution in [0.5, 0.6) is 0 Å². The summed E-state index contributed by atoms with van der Waals surface area (Å²) in [5.41, 5.74) is -2.82. The highest BCUT2D eigenvalue weighted by Gasteiger charge is 2.58. The summed E-state index contributed by atoms with van der Waals surface area (Å²) in [6, 6.07) is 17.8. The number of carbonyl (C=O) groups excluding carboxylic acids is 1. The lowest BCUT2D eigenvalue weighted by Crippen LogP contribution is -2.50. The number of carbonyl (C=O) groups is 1. The van der Waals surface area contributed by atoms with Gasteiger partial charge in [-0.25, -0.2) is 22.4 Å². The van der Waals surface area contributed by atoms with Crippen molar-refractivity contribution in [1.82, 2.24) is 0 Å². The summed E-state index contributed by atoms with van der Waals surface area (Å²) in [5.74, 6) is -3.62. The van der Waals surface area contributed by atoms with E-state index < -0.39 is 51.3 Å². The molecule has 4 bridgehead atoms. The Kier molecular flexibility index (Phi) is 7.70. The third kappa shape index (κ3) is 4.69. The monoisotopic (exact) mass is 558 g/mol. The molecular weight excluding hydrogens is 524 g/mol. The van der Waals surface area contributed by atoms with Gasteiger partial charge < -0.3 is 14.2 Å². The molecule has 8 heteroatoms. The van der Waals surface area contributed by atoms with Gasteiger partial charge in [-0.05, 0) is 69.1 Å². The first kappa shape index (κ1) is 28.6. The molecule has 214 valence electrons. The first-order valence-corrected chi connectivity index (χ1v) is 13.7. The smallest absolute Gasteiger partial charge is 0.339 e.